The van der Waals surface area contributed by atoms with Crippen molar-refractivity contribution >= 4 is 101 Å². The molecule has 16 rings (SSSR count). The van der Waals surface area contributed by atoms with Crippen LogP contribution in [0.4, 0.5) is 0 Å². The molecule has 2 aromatic heterocycles. The van der Waals surface area contributed by atoms with Gasteiger partial charge in [0.1, 0.15) is 0 Å². The second-order valence-electron chi connectivity index (χ2n) is 21.9. The van der Waals surface area contributed by atoms with Gasteiger partial charge in [0.2, 0.25) is 0 Å². The molecule has 3 heterocycles. The van der Waals surface area contributed by atoms with Crippen LogP contribution in [0.1, 0.15) is 0 Å². The molecule has 0 N–H and O–H groups in total. The number of hydrogen-bond donors (Lipinski definition) is 0. The van der Waals surface area contributed by atoms with Crippen LogP contribution in [0.25, 0.3) is 88.4 Å². The van der Waals surface area contributed by atoms with E-state index in [-0.39, 0.29) is 0 Å². The molecule has 1 aliphatic rings. The van der Waals surface area contributed by atoms with Crippen LogP contribution in [0.3, 0.4) is 0 Å². The van der Waals surface area contributed by atoms with Crippen LogP contribution in [-0.2, 0) is 0 Å². The first kappa shape index (κ1) is 47.9. The van der Waals surface area contributed by atoms with Crippen LogP contribution in [0.5, 0.6) is 0 Å². The third-order valence-corrected chi connectivity index (χ3v) is 27.4. The zero-order valence-electron chi connectivity index (χ0n) is 45.1. The van der Waals surface area contributed by atoms with Gasteiger partial charge < -0.3 is 9.13 Å². The van der Waals surface area contributed by atoms with Gasteiger partial charge in [-0.25, -0.2) is 0 Å². The minimum atomic E-state index is -2.71. The first-order valence-corrected chi connectivity index (χ1v) is 32.5. The third-order valence-electron chi connectivity index (χ3n) is 17.7. The molecule has 0 fully saturated rings. The zero-order valence-corrected chi connectivity index (χ0v) is 47.1. The van der Waals surface area contributed by atoms with E-state index in [2.05, 4.69) is 337 Å². The second-order valence-corrected chi connectivity index (χ2v) is 29.4. The van der Waals surface area contributed by atoms with Crippen molar-refractivity contribution in [2.75, 3.05) is 0 Å². The van der Waals surface area contributed by atoms with E-state index in [0.29, 0.717) is 0 Å². The molecule has 13 aromatic carbocycles. The summed E-state index contributed by atoms with van der Waals surface area (Å²) in [5.41, 5.74) is 14.5. The molecule has 0 spiro atoms. The summed E-state index contributed by atoms with van der Waals surface area (Å²) in [6.07, 6.45) is 0. The summed E-state index contributed by atoms with van der Waals surface area (Å²) in [4.78, 5) is 0. The van der Waals surface area contributed by atoms with Crippen molar-refractivity contribution in [1.29, 1.82) is 0 Å². The Morgan fingerprint density at radius 3 is 1.37 bits per heavy atom. The highest BCUT2D eigenvalue weighted by Gasteiger charge is 2.48. The summed E-state index contributed by atoms with van der Waals surface area (Å²) >= 11 is 0. The van der Waals surface area contributed by atoms with Gasteiger partial charge in [0.15, 0.2) is 16.1 Å². The van der Waals surface area contributed by atoms with Crippen LogP contribution in [0.15, 0.2) is 328 Å². The number of rotatable bonds is 10. The van der Waals surface area contributed by atoms with Crippen LogP contribution < -0.4 is 41.5 Å². The van der Waals surface area contributed by atoms with Crippen molar-refractivity contribution < 1.29 is 0 Å². The Hall–Kier alpha value is -10.1. The minimum Gasteiger partial charge on any atom is -0.309 e. The number of nitrogens with zero attached hydrogens (tertiary/aromatic N) is 2. The molecule has 0 saturated carbocycles. The number of aromatic nitrogens is 2. The maximum absolute atomic E-state index is 2.71. The summed E-state index contributed by atoms with van der Waals surface area (Å²) in [6.45, 7) is 0. The number of hydrogen-bond acceptors (Lipinski definition) is 0. The molecule has 1 aliphatic heterocycles. The first-order chi connectivity index (χ1) is 40.7. The molecule has 0 bridgehead atoms. The van der Waals surface area contributed by atoms with E-state index in [1.54, 1.807) is 0 Å². The summed E-state index contributed by atoms with van der Waals surface area (Å²) in [5, 5.41) is 16.1. The van der Waals surface area contributed by atoms with Gasteiger partial charge in [0.25, 0.3) is 0 Å². The summed E-state index contributed by atoms with van der Waals surface area (Å²) in [7, 11) is -5.42. The van der Waals surface area contributed by atoms with E-state index in [1.165, 1.54) is 113 Å². The van der Waals surface area contributed by atoms with Gasteiger partial charge in [0.05, 0.1) is 22.1 Å². The Balaban J connectivity index is 0.899. The Labute approximate surface area is 479 Å². The highest BCUT2D eigenvalue weighted by molar-refractivity contribution is 7.22. The number of benzene rings is 13. The average molecular weight is 1080 g/mol. The molecule has 82 heavy (non-hydrogen) atoms. The molecular weight excluding hydrogens is 1020 g/mol. The van der Waals surface area contributed by atoms with Crippen molar-refractivity contribution in [3.63, 3.8) is 0 Å². The molecule has 0 saturated heterocycles. The molecule has 2 nitrogen and oxygen atoms in total. The molecule has 15 aromatic rings. The highest BCUT2D eigenvalue weighted by atomic mass is 28.3. The maximum atomic E-state index is 2.51. The molecule has 384 valence electrons. The molecule has 0 radical (unpaired) electrons. The Morgan fingerprint density at radius 1 is 0.256 bits per heavy atom. The van der Waals surface area contributed by atoms with E-state index in [9.17, 15) is 0 Å². The fraction of sp³-hybridized carbons (Fsp3) is 0. The lowest BCUT2D eigenvalue weighted by molar-refractivity contribution is 1.17. The lowest BCUT2D eigenvalue weighted by Crippen LogP contribution is -2.74. The second kappa shape index (κ2) is 19.3. The van der Waals surface area contributed by atoms with Crippen LogP contribution in [0.2, 0.25) is 0 Å². The fourth-order valence-corrected chi connectivity index (χ4v) is 24.3. The largest absolute Gasteiger partial charge is 0.309 e. The molecule has 4 heteroatoms. The van der Waals surface area contributed by atoms with Crippen LogP contribution in [0, 0.1) is 0 Å². The van der Waals surface area contributed by atoms with Crippen molar-refractivity contribution in [3.8, 4) is 44.8 Å². The topological polar surface area (TPSA) is 9.86 Å². The van der Waals surface area contributed by atoms with Gasteiger partial charge in [-0.2, -0.15) is 0 Å². The molecule has 0 amide bonds. The highest BCUT2D eigenvalue weighted by Crippen LogP contribution is 2.43. The number of fused-ring (bicyclic) bond motifs is 10. The van der Waals surface area contributed by atoms with E-state index in [1.807, 2.05) is 0 Å². The van der Waals surface area contributed by atoms with Crippen molar-refractivity contribution in [2.24, 2.45) is 0 Å². The Morgan fingerprint density at radius 2 is 0.720 bits per heavy atom. The van der Waals surface area contributed by atoms with E-state index >= 15 is 0 Å². The standard InChI is InChI=1S/C78H54N2Si2/c1-6-26-59(27-7-1)80-72-41-19-16-38-67(72)70-49-51-74-77(78(70)80)71-54-58(55-44-47-65(48-45-55)81(61-29-8-2-9-30-61,62-31-10-3-11-32-62)63-33-12-4-13-34-63)46-50-73(71)79(74)60-28-22-24-56(52-60)57-25-23-37-66(53-57)82(64-35-14-5-15-36-64)75-42-20-17-39-68(75)69-40-18-21-43-76(69)82/h1-54H. The zero-order chi connectivity index (χ0) is 54.2. The predicted octanol–water partition coefficient (Wildman–Crippen LogP) is 13.9. The quantitative estimate of drug-likeness (QED) is 0.0954. The lowest BCUT2D eigenvalue weighted by atomic mass is 10.0. The monoisotopic (exact) mass is 1070 g/mol. The van der Waals surface area contributed by atoms with Crippen LogP contribution in [-0.4, -0.2) is 25.3 Å². The van der Waals surface area contributed by atoms with Gasteiger partial charge >= 0.3 is 0 Å². The number of para-hydroxylation sites is 2. The molecule has 0 aliphatic carbocycles. The van der Waals surface area contributed by atoms with Gasteiger partial charge in [-0.05, 0) is 123 Å². The van der Waals surface area contributed by atoms with E-state index in [0.717, 1.165) is 16.9 Å². The summed E-state index contributed by atoms with van der Waals surface area (Å²) in [5.74, 6) is 0. The SMILES string of the molecule is c1ccc(-n2c3ccccc3c3ccc4c(c5cc(-c6ccc([Si](c7ccccc7)(c7ccccc7)c7ccccc7)cc6)ccc5n4-c4cccc(-c5cccc([Si]6(c7ccccc7)c7ccccc7-c7ccccc76)c5)c4)c32)cc1. The summed E-state index contributed by atoms with van der Waals surface area (Å²) in [6, 6.07) is 123. The lowest BCUT2D eigenvalue weighted by Gasteiger charge is -2.34. The third kappa shape index (κ3) is 7.18. The van der Waals surface area contributed by atoms with E-state index < -0.39 is 16.1 Å². The Bertz CT molecular complexity index is 4750. The van der Waals surface area contributed by atoms with E-state index in [4.69, 9.17) is 0 Å². The van der Waals surface area contributed by atoms with Gasteiger partial charge in [-0.1, -0.05) is 279 Å². The van der Waals surface area contributed by atoms with Gasteiger partial charge in [0, 0.05) is 32.9 Å². The maximum Gasteiger partial charge on any atom is 0.180 e. The fourth-order valence-electron chi connectivity index (χ4n) is 14.3. The van der Waals surface area contributed by atoms with Crippen LogP contribution >= 0.6 is 0 Å². The first-order valence-electron chi connectivity index (χ1n) is 28.5. The van der Waals surface area contributed by atoms with Gasteiger partial charge in [-0.15, -0.1) is 0 Å². The predicted molar refractivity (Wildman–Crippen MR) is 352 cm³/mol. The van der Waals surface area contributed by atoms with Crippen molar-refractivity contribution in [2.45, 2.75) is 0 Å². The summed E-state index contributed by atoms with van der Waals surface area (Å²) < 4.78 is 5.01. The Kier molecular flexibility index (Phi) is 11.3. The minimum absolute atomic E-state index is 1.12. The average Bonchev–Trinajstić information content (AvgIpc) is 4.40. The molecular formula is C78H54N2Si2. The normalized spacial score (nSPS) is 12.7. The molecule has 0 atom stereocenters. The smallest absolute Gasteiger partial charge is 0.180 e. The van der Waals surface area contributed by atoms with Crippen molar-refractivity contribution in [1.82, 2.24) is 9.13 Å². The van der Waals surface area contributed by atoms with Crippen molar-refractivity contribution in [3.05, 3.63) is 328 Å². The van der Waals surface area contributed by atoms with Gasteiger partial charge in [-0.3, -0.25) is 0 Å². The molecule has 0 unspecified atom stereocenters.